The average Bonchev–Trinajstić information content (AvgIpc) is 3.21. The first-order valence-corrected chi connectivity index (χ1v) is 9.73. The Labute approximate surface area is 165 Å². The summed E-state index contributed by atoms with van der Waals surface area (Å²) < 4.78 is 5.87. The van der Waals surface area contributed by atoms with Gasteiger partial charge in [0.25, 0.3) is 5.91 Å². The summed E-state index contributed by atoms with van der Waals surface area (Å²) in [5, 5.41) is 2.94. The number of amides is 2. The van der Waals surface area contributed by atoms with Gasteiger partial charge in [0.05, 0.1) is 12.2 Å². The number of carbonyl (C=O) groups is 2. The van der Waals surface area contributed by atoms with Crippen LogP contribution in [-0.4, -0.2) is 37.6 Å². The Hall–Kier alpha value is -3.02. The molecule has 2 amide bonds. The smallest absolute Gasteiger partial charge is 0.267 e. The van der Waals surface area contributed by atoms with Crippen molar-refractivity contribution in [3.05, 3.63) is 48.0 Å². The molecule has 1 atom stereocenters. The molecule has 1 saturated heterocycles. The van der Waals surface area contributed by atoms with Gasteiger partial charge in [-0.1, -0.05) is 12.1 Å². The predicted molar refractivity (Wildman–Crippen MR) is 110 cm³/mol. The molecule has 6 heteroatoms. The molecule has 1 fully saturated rings. The molecule has 0 aliphatic carbocycles. The van der Waals surface area contributed by atoms with Gasteiger partial charge in [-0.25, -0.2) is 0 Å². The Bertz CT molecular complexity index is 906. The van der Waals surface area contributed by atoms with Crippen LogP contribution in [0.25, 0.3) is 0 Å². The van der Waals surface area contributed by atoms with Crippen LogP contribution in [0.5, 0.6) is 5.75 Å². The largest absolute Gasteiger partial charge is 0.476 e. The number of rotatable bonds is 3. The van der Waals surface area contributed by atoms with Crippen LogP contribution in [0.4, 0.5) is 17.1 Å². The van der Waals surface area contributed by atoms with Crippen molar-refractivity contribution in [2.24, 2.45) is 0 Å². The zero-order chi connectivity index (χ0) is 19.7. The minimum atomic E-state index is -0.752. The van der Waals surface area contributed by atoms with E-state index in [2.05, 4.69) is 23.2 Å². The fourth-order valence-electron chi connectivity index (χ4n) is 3.94. The SMILES string of the molecule is CC(=O)N1C[C@@H](C(=O)Nc2ccc(N3CCCC3)c(C)c2)Oc2ccccc21. The van der Waals surface area contributed by atoms with Gasteiger partial charge in [-0.05, 0) is 55.7 Å². The minimum Gasteiger partial charge on any atom is -0.476 e. The number of carbonyl (C=O) groups excluding carboxylic acids is 2. The van der Waals surface area contributed by atoms with E-state index in [0.717, 1.165) is 24.3 Å². The standard InChI is InChI=1S/C22H25N3O3/c1-15-13-17(9-10-18(15)24-11-5-6-12-24)23-22(27)21-14-25(16(2)26)19-7-3-4-8-20(19)28-21/h3-4,7-10,13,21H,5-6,11-12,14H2,1-2H3,(H,23,27)/t21-/m0/s1. The number of nitrogens with zero attached hydrogens (tertiary/aromatic N) is 2. The number of hydrogen-bond acceptors (Lipinski definition) is 4. The molecule has 6 nitrogen and oxygen atoms in total. The van der Waals surface area contributed by atoms with Gasteiger partial charge >= 0.3 is 0 Å². The summed E-state index contributed by atoms with van der Waals surface area (Å²) in [6.07, 6.45) is 1.70. The molecule has 1 N–H and O–H groups in total. The van der Waals surface area contributed by atoms with Crippen molar-refractivity contribution >= 4 is 28.9 Å². The molecule has 28 heavy (non-hydrogen) atoms. The summed E-state index contributed by atoms with van der Waals surface area (Å²) in [6, 6.07) is 13.3. The highest BCUT2D eigenvalue weighted by Crippen LogP contribution is 2.33. The second-order valence-electron chi connectivity index (χ2n) is 7.39. The third-order valence-electron chi connectivity index (χ3n) is 5.36. The monoisotopic (exact) mass is 379 g/mol. The molecule has 0 saturated carbocycles. The maximum absolute atomic E-state index is 12.8. The number of aryl methyl sites for hydroxylation is 1. The Kier molecular flexibility index (Phi) is 4.94. The quantitative estimate of drug-likeness (QED) is 0.888. The van der Waals surface area contributed by atoms with Crippen LogP contribution < -0.4 is 19.9 Å². The molecular weight excluding hydrogens is 354 g/mol. The number of para-hydroxylation sites is 2. The second kappa shape index (κ2) is 7.54. The van der Waals surface area contributed by atoms with Crippen LogP contribution in [0.3, 0.4) is 0 Å². The fourth-order valence-corrected chi connectivity index (χ4v) is 3.94. The zero-order valence-electron chi connectivity index (χ0n) is 16.3. The lowest BCUT2D eigenvalue weighted by Crippen LogP contribution is -2.48. The maximum Gasteiger partial charge on any atom is 0.267 e. The van der Waals surface area contributed by atoms with Gasteiger partial charge in [0.1, 0.15) is 5.75 Å². The Morgan fingerprint density at radius 1 is 1.07 bits per heavy atom. The molecule has 0 radical (unpaired) electrons. The summed E-state index contributed by atoms with van der Waals surface area (Å²) in [4.78, 5) is 28.8. The van der Waals surface area contributed by atoms with Crippen LogP contribution >= 0.6 is 0 Å². The van der Waals surface area contributed by atoms with Crippen LogP contribution in [0.15, 0.2) is 42.5 Å². The number of fused-ring (bicyclic) bond motifs is 1. The number of anilines is 3. The summed E-state index contributed by atoms with van der Waals surface area (Å²) in [5.74, 6) is 0.179. The lowest BCUT2D eigenvalue weighted by atomic mass is 10.1. The highest BCUT2D eigenvalue weighted by atomic mass is 16.5. The van der Waals surface area contributed by atoms with Crippen molar-refractivity contribution in [3.8, 4) is 5.75 Å². The van der Waals surface area contributed by atoms with Crippen molar-refractivity contribution in [3.63, 3.8) is 0 Å². The summed E-state index contributed by atoms with van der Waals surface area (Å²) >= 11 is 0. The van der Waals surface area contributed by atoms with Crippen LogP contribution in [0, 0.1) is 6.92 Å². The highest BCUT2D eigenvalue weighted by Gasteiger charge is 2.32. The van der Waals surface area contributed by atoms with Crippen LogP contribution in [-0.2, 0) is 9.59 Å². The molecule has 2 aromatic rings. The predicted octanol–water partition coefficient (Wildman–Crippen LogP) is 3.35. The number of ether oxygens (including phenoxy) is 1. The molecule has 0 unspecified atom stereocenters. The Morgan fingerprint density at radius 2 is 1.82 bits per heavy atom. The van der Waals surface area contributed by atoms with Crippen molar-refractivity contribution < 1.29 is 14.3 Å². The summed E-state index contributed by atoms with van der Waals surface area (Å²) in [7, 11) is 0. The Balaban J connectivity index is 1.49. The van der Waals surface area contributed by atoms with E-state index in [4.69, 9.17) is 4.74 Å². The van der Waals surface area contributed by atoms with E-state index in [0.29, 0.717) is 11.4 Å². The summed E-state index contributed by atoms with van der Waals surface area (Å²) in [6.45, 7) is 5.93. The average molecular weight is 379 g/mol. The van der Waals surface area contributed by atoms with Crippen molar-refractivity contribution in [2.45, 2.75) is 32.8 Å². The van der Waals surface area contributed by atoms with Gasteiger partial charge in [-0.2, -0.15) is 0 Å². The number of hydrogen-bond donors (Lipinski definition) is 1. The van der Waals surface area contributed by atoms with E-state index in [1.165, 1.54) is 25.5 Å². The van der Waals surface area contributed by atoms with E-state index in [-0.39, 0.29) is 18.4 Å². The van der Waals surface area contributed by atoms with E-state index in [1.807, 2.05) is 30.3 Å². The summed E-state index contributed by atoms with van der Waals surface area (Å²) in [5.41, 5.74) is 3.80. The number of benzene rings is 2. The van der Waals surface area contributed by atoms with Crippen molar-refractivity contribution in [1.29, 1.82) is 0 Å². The molecule has 0 spiro atoms. The maximum atomic E-state index is 12.8. The van der Waals surface area contributed by atoms with Crippen molar-refractivity contribution in [2.75, 3.05) is 34.8 Å². The molecule has 146 valence electrons. The lowest BCUT2D eigenvalue weighted by Gasteiger charge is -2.33. The van der Waals surface area contributed by atoms with E-state index in [1.54, 1.807) is 11.0 Å². The lowest BCUT2D eigenvalue weighted by molar-refractivity contribution is -0.123. The van der Waals surface area contributed by atoms with E-state index >= 15 is 0 Å². The topological polar surface area (TPSA) is 61.9 Å². The van der Waals surface area contributed by atoms with E-state index < -0.39 is 6.10 Å². The molecule has 4 rings (SSSR count). The van der Waals surface area contributed by atoms with Gasteiger partial charge in [-0.15, -0.1) is 0 Å². The first kappa shape index (κ1) is 18.3. The van der Waals surface area contributed by atoms with Gasteiger partial charge < -0.3 is 19.9 Å². The normalized spacial score (nSPS) is 18.4. The molecule has 2 aliphatic heterocycles. The third kappa shape index (κ3) is 3.54. The minimum absolute atomic E-state index is 0.112. The highest BCUT2D eigenvalue weighted by molar-refractivity contribution is 5.99. The fraction of sp³-hybridized carbons (Fsp3) is 0.364. The molecule has 2 aliphatic rings. The van der Waals surface area contributed by atoms with Crippen molar-refractivity contribution in [1.82, 2.24) is 0 Å². The van der Waals surface area contributed by atoms with E-state index in [9.17, 15) is 9.59 Å². The van der Waals surface area contributed by atoms with Crippen LogP contribution in [0.2, 0.25) is 0 Å². The molecule has 0 bridgehead atoms. The van der Waals surface area contributed by atoms with Crippen LogP contribution in [0.1, 0.15) is 25.3 Å². The zero-order valence-corrected chi connectivity index (χ0v) is 16.3. The second-order valence-corrected chi connectivity index (χ2v) is 7.39. The van der Waals surface area contributed by atoms with Gasteiger partial charge in [-0.3, -0.25) is 9.59 Å². The van der Waals surface area contributed by atoms with Gasteiger partial charge in [0.15, 0.2) is 6.10 Å². The van der Waals surface area contributed by atoms with Gasteiger partial charge in [0.2, 0.25) is 5.91 Å². The molecule has 2 heterocycles. The molecule has 2 aromatic carbocycles. The first-order valence-electron chi connectivity index (χ1n) is 9.73. The molecular formula is C22H25N3O3. The first-order chi connectivity index (χ1) is 13.5. The molecule has 0 aromatic heterocycles. The Morgan fingerprint density at radius 3 is 2.54 bits per heavy atom. The van der Waals surface area contributed by atoms with Gasteiger partial charge in [0, 0.05) is 31.4 Å². The number of nitrogens with one attached hydrogen (secondary N) is 1. The third-order valence-corrected chi connectivity index (χ3v) is 5.36.